The number of likely N-dealkylation sites (tertiary alicyclic amines) is 1. The lowest BCUT2D eigenvalue weighted by atomic mass is 10.1. The van der Waals surface area contributed by atoms with Gasteiger partial charge in [0.2, 0.25) is 0 Å². The van der Waals surface area contributed by atoms with Gasteiger partial charge in [-0.2, -0.15) is 0 Å². The van der Waals surface area contributed by atoms with Crippen molar-refractivity contribution in [3.05, 3.63) is 19.2 Å². The molecule has 0 spiro atoms. The summed E-state index contributed by atoms with van der Waals surface area (Å²) in [6.07, 6.45) is 3.53. The van der Waals surface area contributed by atoms with Crippen molar-refractivity contribution in [2.24, 2.45) is 0 Å². The summed E-state index contributed by atoms with van der Waals surface area (Å²) in [5.41, 5.74) is 0. The molecule has 1 saturated heterocycles. The number of hydrogen-bond acceptors (Lipinski definition) is 2. The highest BCUT2D eigenvalue weighted by molar-refractivity contribution is 9.13. The van der Waals surface area contributed by atoms with Gasteiger partial charge in [-0.1, -0.05) is 0 Å². The topological polar surface area (TPSA) is 20.3 Å². The van der Waals surface area contributed by atoms with Crippen LogP contribution in [0.2, 0.25) is 0 Å². The maximum Gasteiger partial charge on any atom is 0.263 e. The number of nitrogens with zero attached hydrogens (tertiary/aromatic N) is 1. The quantitative estimate of drug-likeness (QED) is 0.750. The molecular formula is C10H11Br2NOS. The first kappa shape index (κ1) is 11.6. The third-order valence-corrected chi connectivity index (χ3v) is 5.74. The predicted molar refractivity (Wildman–Crippen MR) is 69.5 cm³/mol. The monoisotopic (exact) mass is 351 g/mol. The number of thiophene rings is 1. The SMILES string of the molecule is O=C(c1cc(Br)c(Br)s1)N1CCCCC1. The van der Waals surface area contributed by atoms with Crippen molar-refractivity contribution >= 4 is 49.1 Å². The van der Waals surface area contributed by atoms with Gasteiger partial charge in [0.05, 0.1) is 8.66 Å². The number of carbonyl (C=O) groups excluding carboxylic acids is 1. The number of hydrogen-bond donors (Lipinski definition) is 0. The van der Waals surface area contributed by atoms with Crippen molar-refractivity contribution in [2.75, 3.05) is 13.1 Å². The highest BCUT2D eigenvalue weighted by Gasteiger charge is 2.20. The Morgan fingerprint density at radius 2 is 1.93 bits per heavy atom. The van der Waals surface area contributed by atoms with Gasteiger partial charge in [0.15, 0.2) is 0 Å². The number of rotatable bonds is 1. The summed E-state index contributed by atoms with van der Waals surface area (Å²) < 4.78 is 1.95. The Kier molecular flexibility index (Phi) is 3.85. The van der Waals surface area contributed by atoms with Gasteiger partial charge >= 0.3 is 0 Å². The summed E-state index contributed by atoms with van der Waals surface area (Å²) >= 11 is 8.31. The zero-order chi connectivity index (χ0) is 10.8. The van der Waals surface area contributed by atoms with Crippen LogP contribution in [0, 0.1) is 0 Å². The van der Waals surface area contributed by atoms with E-state index in [0.717, 1.165) is 39.1 Å². The molecule has 2 rings (SSSR count). The Hall–Kier alpha value is 0.130. The molecule has 0 N–H and O–H groups in total. The van der Waals surface area contributed by atoms with Gasteiger partial charge in [0.1, 0.15) is 0 Å². The lowest BCUT2D eigenvalue weighted by Crippen LogP contribution is -2.35. The molecule has 1 aromatic heterocycles. The lowest BCUT2D eigenvalue weighted by molar-refractivity contribution is 0.0729. The van der Waals surface area contributed by atoms with E-state index in [2.05, 4.69) is 31.9 Å². The van der Waals surface area contributed by atoms with Gasteiger partial charge < -0.3 is 4.90 Å². The average molecular weight is 353 g/mol. The maximum absolute atomic E-state index is 12.1. The predicted octanol–water partition coefficient (Wildman–Crippen LogP) is 3.90. The number of carbonyl (C=O) groups is 1. The van der Waals surface area contributed by atoms with Crippen LogP contribution in [-0.2, 0) is 0 Å². The van der Waals surface area contributed by atoms with Crippen molar-refractivity contribution < 1.29 is 4.79 Å². The van der Waals surface area contributed by atoms with Crippen LogP contribution in [0.25, 0.3) is 0 Å². The van der Waals surface area contributed by atoms with Crippen molar-refractivity contribution in [1.29, 1.82) is 0 Å². The molecular weight excluding hydrogens is 342 g/mol. The largest absolute Gasteiger partial charge is 0.338 e. The van der Waals surface area contributed by atoms with Crippen molar-refractivity contribution in [2.45, 2.75) is 19.3 Å². The summed E-state index contributed by atoms with van der Waals surface area (Å²) in [4.78, 5) is 14.8. The molecule has 82 valence electrons. The average Bonchev–Trinajstić information content (AvgIpc) is 2.59. The van der Waals surface area contributed by atoms with Crippen LogP contribution in [-0.4, -0.2) is 23.9 Å². The molecule has 2 nitrogen and oxygen atoms in total. The zero-order valence-corrected chi connectivity index (χ0v) is 12.1. The third-order valence-electron chi connectivity index (χ3n) is 2.50. The van der Waals surface area contributed by atoms with Gasteiger partial charge in [-0.3, -0.25) is 4.79 Å². The summed E-state index contributed by atoms with van der Waals surface area (Å²) in [6, 6.07) is 1.89. The molecule has 0 aliphatic carbocycles. The van der Waals surface area contributed by atoms with E-state index in [9.17, 15) is 4.79 Å². The highest BCUT2D eigenvalue weighted by Crippen LogP contribution is 2.33. The van der Waals surface area contributed by atoms with E-state index in [1.54, 1.807) is 0 Å². The Bertz CT molecular complexity index is 352. The van der Waals surface area contributed by atoms with Crippen molar-refractivity contribution in [3.63, 3.8) is 0 Å². The molecule has 1 amide bonds. The summed E-state index contributed by atoms with van der Waals surface area (Å²) in [7, 11) is 0. The van der Waals surface area contributed by atoms with E-state index < -0.39 is 0 Å². The Balaban J connectivity index is 2.12. The van der Waals surface area contributed by atoms with Gasteiger partial charge in [0.25, 0.3) is 5.91 Å². The molecule has 0 radical (unpaired) electrons. The van der Waals surface area contributed by atoms with E-state index in [0.29, 0.717) is 0 Å². The first-order valence-electron chi connectivity index (χ1n) is 4.92. The number of halogens is 2. The molecule has 0 bridgehead atoms. The third kappa shape index (κ3) is 2.63. The molecule has 1 aliphatic rings. The van der Waals surface area contributed by atoms with Gasteiger partial charge in [-0.05, 0) is 57.2 Å². The molecule has 1 aliphatic heterocycles. The van der Waals surface area contributed by atoms with E-state index in [-0.39, 0.29) is 5.91 Å². The minimum atomic E-state index is 0.172. The van der Waals surface area contributed by atoms with Crippen LogP contribution >= 0.6 is 43.2 Å². The van der Waals surface area contributed by atoms with E-state index >= 15 is 0 Å². The first-order valence-corrected chi connectivity index (χ1v) is 7.33. The second-order valence-corrected chi connectivity index (χ2v) is 6.81. The fraction of sp³-hybridized carbons (Fsp3) is 0.500. The lowest BCUT2D eigenvalue weighted by Gasteiger charge is -2.26. The number of amides is 1. The Labute approximate surface area is 110 Å². The van der Waals surface area contributed by atoms with E-state index in [1.165, 1.54) is 17.8 Å². The van der Waals surface area contributed by atoms with E-state index in [1.807, 2.05) is 11.0 Å². The molecule has 2 heterocycles. The molecule has 0 unspecified atom stereocenters. The number of piperidine rings is 1. The van der Waals surface area contributed by atoms with Gasteiger partial charge in [-0.15, -0.1) is 11.3 Å². The molecule has 0 aromatic carbocycles. The van der Waals surface area contributed by atoms with Crippen LogP contribution in [0.15, 0.2) is 14.3 Å². The normalized spacial score (nSPS) is 16.8. The van der Waals surface area contributed by atoms with Crippen molar-refractivity contribution in [3.8, 4) is 0 Å². The molecule has 0 atom stereocenters. The smallest absolute Gasteiger partial charge is 0.263 e. The second kappa shape index (κ2) is 4.97. The summed E-state index contributed by atoms with van der Waals surface area (Å²) in [5.74, 6) is 0.172. The maximum atomic E-state index is 12.1. The van der Waals surface area contributed by atoms with Gasteiger partial charge in [-0.25, -0.2) is 0 Å². The Morgan fingerprint density at radius 1 is 1.27 bits per heavy atom. The van der Waals surface area contributed by atoms with E-state index in [4.69, 9.17) is 0 Å². The Morgan fingerprint density at radius 3 is 2.47 bits per heavy atom. The standard InChI is InChI=1S/C10H11Br2NOS/c11-7-6-8(15-9(7)12)10(14)13-4-2-1-3-5-13/h6H,1-5H2. The van der Waals surface area contributed by atoms with Crippen LogP contribution in [0.3, 0.4) is 0 Å². The van der Waals surface area contributed by atoms with Crippen molar-refractivity contribution in [1.82, 2.24) is 4.90 Å². The molecule has 1 fully saturated rings. The van der Waals surface area contributed by atoms with Gasteiger partial charge in [0, 0.05) is 17.6 Å². The fourth-order valence-electron chi connectivity index (χ4n) is 1.70. The van der Waals surface area contributed by atoms with Crippen LogP contribution < -0.4 is 0 Å². The molecule has 5 heteroatoms. The summed E-state index contributed by atoms with van der Waals surface area (Å²) in [5, 5.41) is 0. The minimum absolute atomic E-state index is 0.172. The highest BCUT2D eigenvalue weighted by atomic mass is 79.9. The first-order chi connectivity index (χ1) is 7.18. The molecule has 0 saturated carbocycles. The second-order valence-electron chi connectivity index (χ2n) is 3.59. The zero-order valence-electron chi connectivity index (χ0n) is 8.13. The van der Waals surface area contributed by atoms with Crippen LogP contribution in [0.1, 0.15) is 28.9 Å². The van der Waals surface area contributed by atoms with Crippen LogP contribution in [0.5, 0.6) is 0 Å². The minimum Gasteiger partial charge on any atom is -0.338 e. The molecule has 1 aromatic rings. The fourth-order valence-corrected chi connectivity index (χ4v) is 3.71. The molecule has 15 heavy (non-hydrogen) atoms. The van der Waals surface area contributed by atoms with Crippen LogP contribution in [0.4, 0.5) is 0 Å². The summed E-state index contributed by atoms with van der Waals surface area (Å²) in [6.45, 7) is 1.82.